The number of imidazole rings is 1. The summed E-state index contributed by atoms with van der Waals surface area (Å²) >= 11 is 0. The number of nitrogens with zero attached hydrogens (tertiary/aromatic N) is 3. The highest BCUT2D eigenvalue weighted by molar-refractivity contribution is 5.77. The minimum absolute atomic E-state index is 0.0856. The SMILES string of the molecule is COc1ccc([C@@](C)(O)[C@H]2CCCN2C(=O)CCc2cncn2C)cc1. The second-order valence-corrected chi connectivity index (χ2v) is 7.12. The van der Waals surface area contributed by atoms with Crippen LogP contribution in [0.15, 0.2) is 36.8 Å². The average Bonchev–Trinajstić information content (AvgIpc) is 3.29. The molecule has 0 unspecified atom stereocenters. The lowest BCUT2D eigenvalue weighted by Crippen LogP contribution is -2.48. The largest absolute Gasteiger partial charge is 0.497 e. The Morgan fingerprint density at radius 2 is 2.12 bits per heavy atom. The number of aryl methyl sites for hydroxylation is 2. The van der Waals surface area contributed by atoms with Gasteiger partial charge in [-0.05, 0) is 43.9 Å². The van der Waals surface area contributed by atoms with Crippen molar-refractivity contribution in [1.29, 1.82) is 0 Å². The molecule has 26 heavy (non-hydrogen) atoms. The van der Waals surface area contributed by atoms with E-state index < -0.39 is 5.60 Å². The van der Waals surface area contributed by atoms with E-state index in [1.165, 1.54) is 0 Å². The Hall–Kier alpha value is -2.34. The van der Waals surface area contributed by atoms with Gasteiger partial charge in [0.05, 0.1) is 19.5 Å². The fourth-order valence-corrected chi connectivity index (χ4v) is 3.77. The number of hydrogen-bond acceptors (Lipinski definition) is 4. The first kappa shape index (κ1) is 18.5. The first-order valence-corrected chi connectivity index (χ1v) is 9.05. The van der Waals surface area contributed by atoms with Crippen LogP contribution in [0.2, 0.25) is 0 Å². The zero-order chi connectivity index (χ0) is 18.7. The molecule has 0 bridgehead atoms. The number of carbonyl (C=O) groups is 1. The number of benzene rings is 1. The molecule has 1 fully saturated rings. The molecule has 1 aromatic carbocycles. The zero-order valence-corrected chi connectivity index (χ0v) is 15.7. The molecule has 1 aliphatic rings. The smallest absolute Gasteiger partial charge is 0.223 e. The fraction of sp³-hybridized carbons (Fsp3) is 0.500. The van der Waals surface area contributed by atoms with Crippen molar-refractivity contribution in [2.45, 2.75) is 44.2 Å². The Morgan fingerprint density at radius 3 is 2.73 bits per heavy atom. The Balaban J connectivity index is 1.71. The Labute approximate surface area is 154 Å². The second-order valence-electron chi connectivity index (χ2n) is 7.12. The summed E-state index contributed by atoms with van der Waals surface area (Å²) in [5.41, 5.74) is 0.746. The molecular formula is C20H27N3O3. The molecule has 0 aliphatic carbocycles. The van der Waals surface area contributed by atoms with Crippen LogP contribution in [0.1, 0.15) is 37.4 Å². The number of hydrogen-bond donors (Lipinski definition) is 1. The molecule has 1 aromatic heterocycles. The summed E-state index contributed by atoms with van der Waals surface area (Å²) in [6, 6.07) is 7.21. The fourth-order valence-electron chi connectivity index (χ4n) is 3.77. The molecule has 2 aromatic rings. The molecule has 6 nitrogen and oxygen atoms in total. The van der Waals surface area contributed by atoms with E-state index in [0.29, 0.717) is 19.4 Å². The van der Waals surface area contributed by atoms with E-state index in [4.69, 9.17) is 4.74 Å². The van der Waals surface area contributed by atoms with Crippen LogP contribution in [0.5, 0.6) is 5.75 Å². The van der Waals surface area contributed by atoms with Crippen molar-refractivity contribution in [3.05, 3.63) is 48.0 Å². The van der Waals surface area contributed by atoms with Gasteiger partial charge in [0.1, 0.15) is 11.4 Å². The molecule has 0 spiro atoms. The highest BCUT2D eigenvalue weighted by Crippen LogP contribution is 2.35. The topological polar surface area (TPSA) is 67.6 Å². The maximum Gasteiger partial charge on any atom is 0.223 e. The van der Waals surface area contributed by atoms with E-state index in [-0.39, 0.29) is 11.9 Å². The number of aromatic nitrogens is 2. The molecule has 1 amide bonds. The lowest BCUT2D eigenvalue weighted by Gasteiger charge is -2.37. The van der Waals surface area contributed by atoms with Gasteiger partial charge in [0.15, 0.2) is 0 Å². The molecule has 1 aliphatic heterocycles. The summed E-state index contributed by atoms with van der Waals surface area (Å²) in [7, 11) is 3.55. The summed E-state index contributed by atoms with van der Waals surface area (Å²) in [4.78, 5) is 18.7. The Bertz CT molecular complexity index is 752. The van der Waals surface area contributed by atoms with Gasteiger partial charge in [-0.1, -0.05) is 12.1 Å². The number of methoxy groups -OCH3 is 1. The van der Waals surface area contributed by atoms with Gasteiger partial charge in [-0.3, -0.25) is 4.79 Å². The minimum atomic E-state index is -1.09. The lowest BCUT2D eigenvalue weighted by atomic mass is 9.86. The Kier molecular flexibility index (Phi) is 5.32. The van der Waals surface area contributed by atoms with Crippen molar-refractivity contribution in [3.8, 4) is 5.75 Å². The number of rotatable bonds is 6. The first-order valence-electron chi connectivity index (χ1n) is 9.05. The number of ether oxygens (including phenoxy) is 1. The molecule has 0 radical (unpaired) electrons. The van der Waals surface area contributed by atoms with Crippen LogP contribution in [0.4, 0.5) is 0 Å². The van der Waals surface area contributed by atoms with Crippen LogP contribution in [0.3, 0.4) is 0 Å². The summed E-state index contributed by atoms with van der Waals surface area (Å²) in [6.45, 7) is 2.49. The minimum Gasteiger partial charge on any atom is -0.497 e. The van der Waals surface area contributed by atoms with Crippen LogP contribution >= 0.6 is 0 Å². The molecule has 2 atom stereocenters. The first-order chi connectivity index (χ1) is 12.4. The molecule has 2 heterocycles. The predicted molar refractivity (Wildman–Crippen MR) is 98.8 cm³/mol. The van der Waals surface area contributed by atoms with E-state index in [9.17, 15) is 9.90 Å². The average molecular weight is 357 g/mol. The number of carbonyl (C=O) groups excluding carboxylic acids is 1. The van der Waals surface area contributed by atoms with Crippen molar-refractivity contribution in [1.82, 2.24) is 14.5 Å². The number of amides is 1. The molecule has 140 valence electrons. The van der Waals surface area contributed by atoms with Gasteiger partial charge in [0, 0.05) is 31.9 Å². The van der Waals surface area contributed by atoms with Gasteiger partial charge in [0.25, 0.3) is 0 Å². The third kappa shape index (κ3) is 3.60. The molecule has 6 heteroatoms. The van der Waals surface area contributed by atoms with Crippen LogP contribution < -0.4 is 4.74 Å². The molecule has 3 rings (SSSR count). The normalized spacial score (nSPS) is 19.4. The summed E-state index contributed by atoms with van der Waals surface area (Å²) in [6.07, 6.45) is 6.33. The maximum absolute atomic E-state index is 12.8. The van der Waals surface area contributed by atoms with E-state index in [1.807, 2.05) is 40.8 Å². The highest BCUT2D eigenvalue weighted by atomic mass is 16.5. The van der Waals surface area contributed by atoms with Crippen molar-refractivity contribution in [3.63, 3.8) is 0 Å². The van der Waals surface area contributed by atoms with Crippen molar-refractivity contribution >= 4 is 5.91 Å². The van der Waals surface area contributed by atoms with Gasteiger partial charge in [0.2, 0.25) is 5.91 Å². The van der Waals surface area contributed by atoms with E-state index in [0.717, 1.165) is 29.8 Å². The zero-order valence-electron chi connectivity index (χ0n) is 15.7. The number of aliphatic hydroxyl groups is 1. The summed E-state index contributed by atoms with van der Waals surface area (Å²) < 4.78 is 7.12. The highest BCUT2D eigenvalue weighted by Gasteiger charge is 2.42. The van der Waals surface area contributed by atoms with Crippen molar-refractivity contribution < 1.29 is 14.6 Å². The van der Waals surface area contributed by atoms with Gasteiger partial charge in [-0.2, -0.15) is 0 Å². The Morgan fingerprint density at radius 1 is 1.38 bits per heavy atom. The van der Waals surface area contributed by atoms with Gasteiger partial charge in [-0.25, -0.2) is 4.98 Å². The lowest BCUT2D eigenvalue weighted by molar-refractivity contribution is -0.137. The summed E-state index contributed by atoms with van der Waals surface area (Å²) in [5, 5.41) is 11.2. The monoisotopic (exact) mass is 357 g/mol. The third-order valence-corrected chi connectivity index (χ3v) is 5.41. The number of likely N-dealkylation sites (tertiary alicyclic amines) is 1. The summed E-state index contributed by atoms with van der Waals surface area (Å²) in [5.74, 6) is 0.836. The quantitative estimate of drug-likeness (QED) is 0.861. The van der Waals surface area contributed by atoms with Crippen molar-refractivity contribution in [2.24, 2.45) is 7.05 Å². The second kappa shape index (κ2) is 7.50. The van der Waals surface area contributed by atoms with Crippen molar-refractivity contribution in [2.75, 3.05) is 13.7 Å². The van der Waals surface area contributed by atoms with Crippen LogP contribution in [-0.4, -0.2) is 45.2 Å². The molecule has 1 saturated heterocycles. The molecule has 0 saturated carbocycles. The van der Waals surface area contributed by atoms with Crippen LogP contribution in [0.25, 0.3) is 0 Å². The van der Waals surface area contributed by atoms with Crippen LogP contribution in [-0.2, 0) is 23.9 Å². The van der Waals surface area contributed by atoms with E-state index in [1.54, 1.807) is 26.6 Å². The van der Waals surface area contributed by atoms with Gasteiger partial charge in [-0.15, -0.1) is 0 Å². The maximum atomic E-state index is 12.8. The van der Waals surface area contributed by atoms with Gasteiger partial charge >= 0.3 is 0 Å². The van der Waals surface area contributed by atoms with Crippen LogP contribution in [0, 0.1) is 0 Å². The molecule has 1 N–H and O–H groups in total. The predicted octanol–water partition coefficient (Wildman–Crippen LogP) is 2.26. The van der Waals surface area contributed by atoms with E-state index in [2.05, 4.69) is 4.98 Å². The molecular weight excluding hydrogens is 330 g/mol. The standard InChI is InChI=1S/C20H27N3O3/c1-20(25,15-6-9-17(26-3)10-7-15)18-5-4-12-23(18)19(24)11-8-16-13-21-14-22(16)2/h6-7,9-10,13-14,18,25H,4-5,8,11-12H2,1-3H3/t18-,20-/m1/s1. The van der Waals surface area contributed by atoms with E-state index >= 15 is 0 Å². The third-order valence-electron chi connectivity index (χ3n) is 5.41. The van der Waals surface area contributed by atoms with Gasteiger partial charge < -0.3 is 19.3 Å².